The highest BCUT2D eigenvalue weighted by atomic mass is 19.1. The first kappa shape index (κ1) is 15.2. The molecule has 7 heteroatoms. The topological polar surface area (TPSA) is 84.6 Å². The predicted molar refractivity (Wildman–Crippen MR) is 69.0 cm³/mol. The largest absolute Gasteiger partial charge is 0.490 e. The molecule has 1 aromatic rings. The number of ether oxygens (including phenoxy) is 1. The van der Waals surface area contributed by atoms with Gasteiger partial charge < -0.3 is 15.2 Å². The Labute approximate surface area is 110 Å². The first-order valence-electron chi connectivity index (χ1n) is 5.78. The van der Waals surface area contributed by atoms with Gasteiger partial charge in [-0.15, -0.1) is 0 Å². The zero-order valence-corrected chi connectivity index (χ0v) is 11.1. The summed E-state index contributed by atoms with van der Waals surface area (Å²) in [6.07, 6.45) is 0.558. The van der Waals surface area contributed by atoms with E-state index in [1.807, 2.05) is 6.92 Å². The second-order valence-corrected chi connectivity index (χ2v) is 4.46. The molecule has 0 saturated heterocycles. The molecule has 0 aliphatic rings. The smallest absolute Gasteiger partial charge is 0.313 e. The maximum Gasteiger partial charge on any atom is 0.313 e. The lowest BCUT2D eigenvalue weighted by Gasteiger charge is -2.28. The van der Waals surface area contributed by atoms with Gasteiger partial charge in [-0.2, -0.15) is 0 Å². The van der Waals surface area contributed by atoms with Gasteiger partial charge >= 0.3 is 5.69 Å². The standard InChI is InChI=1S/C12H17FN2O4/c1-4-12(2,7-16)14-9-6-11(19-3)10(15(17)18)5-8(9)13/h5-6,14,16H,4,7H2,1-3H3. The average Bonchev–Trinajstić information content (AvgIpc) is 2.40. The van der Waals surface area contributed by atoms with Crippen LogP contribution in [-0.4, -0.2) is 29.3 Å². The number of hydrogen-bond acceptors (Lipinski definition) is 5. The lowest BCUT2D eigenvalue weighted by Crippen LogP contribution is -2.38. The van der Waals surface area contributed by atoms with E-state index in [-0.39, 0.29) is 18.0 Å². The fourth-order valence-electron chi connectivity index (χ4n) is 1.51. The summed E-state index contributed by atoms with van der Waals surface area (Å²) >= 11 is 0. The molecule has 0 aliphatic heterocycles. The molecule has 0 spiro atoms. The number of nitro groups is 1. The Morgan fingerprint density at radius 3 is 2.63 bits per heavy atom. The van der Waals surface area contributed by atoms with Crippen LogP contribution in [-0.2, 0) is 0 Å². The zero-order chi connectivity index (χ0) is 14.6. The van der Waals surface area contributed by atoms with Crippen molar-refractivity contribution >= 4 is 11.4 Å². The summed E-state index contributed by atoms with van der Waals surface area (Å²) in [4.78, 5) is 10.0. The summed E-state index contributed by atoms with van der Waals surface area (Å²) in [7, 11) is 1.27. The molecule has 1 unspecified atom stereocenters. The number of methoxy groups -OCH3 is 1. The highest BCUT2D eigenvalue weighted by Gasteiger charge is 2.25. The van der Waals surface area contributed by atoms with Crippen molar-refractivity contribution in [1.29, 1.82) is 0 Å². The van der Waals surface area contributed by atoms with E-state index in [0.717, 1.165) is 6.07 Å². The van der Waals surface area contributed by atoms with Crippen LogP contribution in [0.4, 0.5) is 15.8 Å². The van der Waals surface area contributed by atoms with Gasteiger partial charge in [-0.25, -0.2) is 4.39 Å². The van der Waals surface area contributed by atoms with Crippen LogP contribution < -0.4 is 10.1 Å². The number of rotatable bonds is 6. The fraction of sp³-hybridized carbons (Fsp3) is 0.500. The first-order valence-corrected chi connectivity index (χ1v) is 5.78. The highest BCUT2D eigenvalue weighted by molar-refractivity contribution is 5.59. The van der Waals surface area contributed by atoms with Crippen molar-refractivity contribution in [2.75, 3.05) is 19.0 Å². The minimum atomic E-state index is -0.763. The Bertz CT molecular complexity index is 475. The predicted octanol–water partition coefficient (Wildman–Crippen LogP) is 2.32. The number of aliphatic hydroxyl groups is 1. The number of benzene rings is 1. The number of nitro benzene ring substituents is 1. The molecule has 1 atom stereocenters. The molecule has 1 aromatic carbocycles. The van der Waals surface area contributed by atoms with Gasteiger partial charge in [0.05, 0.1) is 35.9 Å². The maximum atomic E-state index is 13.8. The third-order valence-corrected chi connectivity index (χ3v) is 3.03. The van der Waals surface area contributed by atoms with Gasteiger partial charge in [0.15, 0.2) is 11.6 Å². The summed E-state index contributed by atoms with van der Waals surface area (Å²) in [5.41, 5.74) is -1.09. The summed E-state index contributed by atoms with van der Waals surface area (Å²) in [6, 6.07) is 2.02. The van der Waals surface area contributed by atoms with Crippen molar-refractivity contribution < 1.29 is 19.2 Å². The third kappa shape index (κ3) is 3.31. The Kier molecular flexibility index (Phi) is 4.66. The summed E-state index contributed by atoms with van der Waals surface area (Å²) < 4.78 is 18.7. The van der Waals surface area contributed by atoms with E-state index < -0.39 is 22.0 Å². The Balaban J connectivity index is 3.20. The van der Waals surface area contributed by atoms with Crippen molar-refractivity contribution in [2.45, 2.75) is 25.8 Å². The molecular weight excluding hydrogens is 255 g/mol. The van der Waals surface area contributed by atoms with Crippen LogP contribution in [0.25, 0.3) is 0 Å². The van der Waals surface area contributed by atoms with E-state index in [2.05, 4.69) is 5.32 Å². The molecule has 0 radical (unpaired) electrons. The van der Waals surface area contributed by atoms with Crippen molar-refractivity contribution in [2.24, 2.45) is 0 Å². The molecule has 19 heavy (non-hydrogen) atoms. The van der Waals surface area contributed by atoms with Crippen LogP contribution in [0.1, 0.15) is 20.3 Å². The number of aliphatic hydroxyl groups excluding tert-OH is 1. The zero-order valence-electron chi connectivity index (χ0n) is 11.1. The molecule has 0 aliphatic carbocycles. The molecule has 1 rings (SSSR count). The van der Waals surface area contributed by atoms with Gasteiger partial charge in [-0.3, -0.25) is 10.1 Å². The Hall–Kier alpha value is -1.89. The Morgan fingerprint density at radius 1 is 1.58 bits per heavy atom. The van der Waals surface area contributed by atoms with Crippen molar-refractivity contribution in [1.82, 2.24) is 0 Å². The first-order chi connectivity index (χ1) is 8.86. The molecular formula is C12H17FN2O4. The van der Waals surface area contributed by atoms with Crippen LogP contribution in [0.5, 0.6) is 5.75 Å². The average molecular weight is 272 g/mol. The fourth-order valence-corrected chi connectivity index (χ4v) is 1.51. The van der Waals surface area contributed by atoms with Crippen molar-refractivity contribution in [3.63, 3.8) is 0 Å². The van der Waals surface area contributed by atoms with Gasteiger partial charge in [0.2, 0.25) is 0 Å². The number of hydrogen-bond donors (Lipinski definition) is 2. The van der Waals surface area contributed by atoms with E-state index >= 15 is 0 Å². The highest BCUT2D eigenvalue weighted by Crippen LogP contribution is 2.33. The van der Waals surface area contributed by atoms with Crippen molar-refractivity contribution in [3.8, 4) is 5.75 Å². The third-order valence-electron chi connectivity index (χ3n) is 3.03. The molecule has 0 fully saturated rings. The monoisotopic (exact) mass is 272 g/mol. The number of anilines is 1. The molecule has 0 amide bonds. The van der Waals surface area contributed by atoms with E-state index in [4.69, 9.17) is 4.74 Å². The second kappa shape index (κ2) is 5.83. The van der Waals surface area contributed by atoms with Gasteiger partial charge in [0.25, 0.3) is 0 Å². The second-order valence-electron chi connectivity index (χ2n) is 4.46. The van der Waals surface area contributed by atoms with Crippen LogP contribution >= 0.6 is 0 Å². The Morgan fingerprint density at radius 2 is 2.21 bits per heavy atom. The minimum absolute atomic E-state index is 0.0368. The van der Waals surface area contributed by atoms with Crippen LogP contribution in [0.15, 0.2) is 12.1 Å². The SMILES string of the molecule is CCC(C)(CO)Nc1cc(OC)c([N+](=O)[O-])cc1F. The van der Waals surface area contributed by atoms with Crippen LogP contribution in [0, 0.1) is 15.9 Å². The molecule has 0 bridgehead atoms. The molecule has 0 aromatic heterocycles. The molecule has 0 saturated carbocycles. The number of halogens is 1. The molecule has 6 nitrogen and oxygen atoms in total. The normalized spacial score (nSPS) is 13.7. The quantitative estimate of drug-likeness (QED) is 0.613. The summed E-state index contributed by atoms with van der Waals surface area (Å²) in [5.74, 6) is -0.800. The number of nitrogens with zero attached hydrogens (tertiary/aromatic N) is 1. The summed E-state index contributed by atoms with van der Waals surface area (Å²) in [6.45, 7) is 3.37. The number of nitrogens with one attached hydrogen (secondary N) is 1. The van der Waals surface area contributed by atoms with Crippen molar-refractivity contribution in [3.05, 3.63) is 28.1 Å². The summed E-state index contributed by atoms with van der Waals surface area (Å²) in [5, 5.41) is 22.9. The molecule has 106 valence electrons. The lowest BCUT2D eigenvalue weighted by molar-refractivity contribution is -0.385. The molecule has 0 heterocycles. The van der Waals surface area contributed by atoms with Gasteiger partial charge in [0.1, 0.15) is 0 Å². The molecule has 2 N–H and O–H groups in total. The van der Waals surface area contributed by atoms with Crippen LogP contribution in [0.3, 0.4) is 0 Å². The van der Waals surface area contributed by atoms with Crippen LogP contribution in [0.2, 0.25) is 0 Å². The van der Waals surface area contributed by atoms with E-state index in [9.17, 15) is 19.6 Å². The van der Waals surface area contributed by atoms with Gasteiger partial charge in [-0.05, 0) is 13.3 Å². The maximum absolute atomic E-state index is 13.8. The lowest BCUT2D eigenvalue weighted by atomic mass is 9.99. The van der Waals surface area contributed by atoms with E-state index in [1.165, 1.54) is 13.2 Å². The van der Waals surface area contributed by atoms with E-state index in [1.54, 1.807) is 6.92 Å². The minimum Gasteiger partial charge on any atom is -0.490 e. The van der Waals surface area contributed by atoms with Gasteiger partial charge in [0, 0.05) is 6.07 Å². The van der Waals surface area contributed by atoms with E-state index in [0.29, 0.717) is 6.42 Å². The van der Waals surface area contributed by atoms with Gasteiger partial charge in [-0.1, -0.05) is 6.92 Å².